The van der Waals surface area contributed by atoms with Gasteiger partial charge in [0.15, 0.2) is 0 Å². The molecular weight excluding hydrogens is 184 g/mol. The van der Waals surface area contributed by atoms with Crippen LogP contribution in [0.4, 0.5) is 8.78 Å². The second kappa shape index (κ2) is 5.70. The first-order valence-corrected chi connectivity index (χ1v) is 4.66. The molecule has 4 heteroatoms. The summed E-state index contributed by atoms with van der Waals surface area (Å²) in [6, 6.07) is 0. The normalized spacial score (nSPS) is 16.5. The van der Waals surface area contributed by atoms with Crippen LogP contribution in [-0.2, 0) is 0 Å². The van der Waals surface area contributed by atoms with Gasteiger partial charge in [0.25, 0.3) is 6.43 Å². The van der Waals surface area contributed by atoms with Gasteiger partial charge in [-0.1, -0.05) is 6.92 Å². The van der Waals surface area contributed by atoms with E-state index < -0.39 is 6.43 Å². The van der Waals surface area contributed by atoms with Crippen LogP contribution in [0.25, 0.3) is 0 Å². The molecule has 0 aliphatic heterocycles. The Labute approximate surface area is 77.5 Å². The lowest BCUT2D eigenvalue weighted by Gasteiger charge is -2.28. The Morgan fingerprint density at radius 3 is 2.42 bits per heavy atom. The molecule has 1 unspecified atom stereocenters. The SMILES string of the molecule is CCC(C)(CCCl)NCC(F)F. The van der Waals surface area contributed by atoms with E-state index in [4.69, 9.17) is 11.6 Å². The summed E-state index contributed by atoms with van der Waals surface area (Å²) in [6.45, 7) is 3.63. The molecule has 0 aromatic heterocycles. The highest BCUT2D eigenvalue weighted by Crippen LogP contribution is 2.15. The molecule has 0 amide bonds. The number of halogens is 3. The zero-order valence-corrected chi connectivity index (χ0v) is 8.30. The Morgan fingerprint density at radius 2 is 2.08 bits per heavy atom. The predicted molar refractivity (Wildman–Crippen MR) is 48.0 cm³/mol. The summed E-state index contributed by atoms with van der Waals surface area (Å²) >= 11 is 5.55. The molecule has 0 aromatic carbocycles. The van der Waals surface area contributed by atoms with E-state index in [0.29, 0.717) is 5.88 Å². The Kier molecular flexibility index (Phi) is 5.76. The zero-order chi connectivity index (χ0) is 9.61. The van der Waals surface area contributed by atoms with Crippen LogP contribution in [0.2, 0.25) is 0 Å². The van der Waals surface area contributed by atoms with Gasteiger partial charge in [0.2, 0.25) is 0 Å². The molecule has 74 valence electrons. The molecule has 0 aliphatic rings. The molecule has 0 aromatic rings. The fraction of sp³-hybridized carbons (Fsp3) is 1.00. The van der Waals surface area contributed by atoms with Crippen LogP contribution in [0.3, 0.4) is 0 Å². The lowest BCUT2D eigenvalue weighted by molar-refractivity contribution is 0.129. The lowest BCUT2D eigenvalue weighted by Crippen LogP contribution is -2.44. The standard InChI is InChI=1S/C8H16ClF2N/c1-3-8(2,4-5-9)12-6-7(10)11/h7,12H,3-6H2,1-2H3. The largest absolute Gasteiger partial charge is 0.306 e. The molecule has 1 atom stereocenters. The van der Waals surface area contributed by atoms with Crippen molar-refractivity contribution in [3.63, 3.8) is 0 Å². The fourth-order valence-corrected chi connectivity index (χ4v) is 1.34. The Bertz CT molecular complexity index is 122. The molecule has 0 saturated heterocycles. The van der Waals surface area contributed by atoms with E-state index in [1.807, 2.05) is 13.8 Å². The first-order valence-electron chi connectivity index (χ1n) is 4.13. The summed E-state index contributed by atoms with van der Waals surface area (Å²) in [7, 11) is 0. The topological polar surface area (TPSA) is 12.0 Å². The number of hydrogen-bond donors (Lipinski definition) is 1. The van der Waals surface area contributed by atoms with Gasteiger partial charge in [-0.2, -0.15) is 0 Å². The number of rotatable bonds is 6. The van der Waals surface area contributed by atoms with E-state index in [1.165, 1.54) is 0 Å². The molecule has 1 nitrogen and oxygen atoms in total. The van der Waals surface area contributed by atoms with E-state index in [-0.39, 0.29) is 12.1 Å². The summed E-state index contributed by atoms with van der Waals surface area (Å²) in [5.74, 6) is 0.501. The summed E-state index contributed by atoms with van der Waals surface area (Å²) < 4.78 is 23.7. The molecule has 0 rings (SSSR count). The second-order valence-corrected chi connectivity index (χ2v) is 3.50. The molecule has 0 bridgehead atoms. The van der Waals surface area contributed by atoms with E-state index in [2.05, 4.69) is 5.32 Å². The third-order valence-corrected chi connectivity index (χ3v) is 2.30. The summed E-state index contributed by atoms with van der Waals surface area (Å²) in [6.07, 6.45) is -0.754. The summed E-state index contributed by atoms with van der Waals surface area (Å²) in [4.78, 5) is 0. The minimum atomic E-state index is -2.29. The Hall–Kier alpha value is 0.110. The molecule has 0 radical (unpaired) electrons. The van der Waals surface area contributed by atoms with Crippen LogP contribution in [0.5, 0.6) is 0 Å². The molecule has 0 heterocycles. The lowest BCUT2D eigenvalue weighted by atomic mass is 9.95. The van der Waals surface area contributed by atoms with Crippen LogP contribution in [0.1, 0.15) is 26.7 Å². The highest BCUT2D eigenvalue weighted by atomic mass is 35.5. The maximum atomic E-state index is 11.8. The fourth-order valence-electron chi connectivity index (χ4n) is 0.922. The van der Waals surface area contributed by atoms with Gasteiger partial charge in [-0.15, -0.1) is 11.6 Å². The van der Waals surface area contributed by atoms with Crippen LogP contribution in [0, 0.1) is 0 Å². The molecule has 12 heavy (non-hydrogen) atoms. The maximum Gasteiger partial charge on any atom is 0.250 e. The Balaban J connectivity index is 3.78. The zero-order valence-electron chi connectivity index (χ0n) is 7.54. The smallest absolute Gasteiger partial charge is 0.250 e. The van der Waals surface area contributed by atoms with Crippen LogP contribution in [-0.4, -0.2) is 24.4 Å². The average Bonchev–Trinajstić information content (AvgIpc) is 2.02. The number of alkyl halides is 3. The van der Waals surface area contributed by atoms with Gasteiger partial charge in [0.1, 0.15) is 0 Å². The highest BCUT2D eigenvalue weighted by molar-refractivity contribution is 6.17. The van der Waals surface area contributed by atoms with Crippen molar-refractivity contribution in [1.29, 1.82) is 0 Å². The van der Waals surface area contributed by atoms with Gasteiger partial charge in [-0.05, 0) is 19.8 Å². The van der Waals surface area contributed by atoms with Crippen molar-refractivity contribution in [2.75, 3.05) is 12.4 Å². The van der Waals surface area contributed by atoms with Gasteiger partial charge < -0.3 is 5.32 Å². The van der Waals surface area contributed by atoms with Crippen molar-refractivity contribution in [1.82, 2.24) is 5.32 Å². The van der Waals surface area contributed by atoms with Crippen molar-refractivity contribution in [3.05, 3.63) is 0 Å². The second-order valence-electron chi connectivity index (χ2n) is 3.13. The van der Waals surface area contributed by atoms with Crippen molar-refractivity contribution >= 4 is 11.6 Å². The first kappa shape index (κ1) is 12.1. The number of hydrogen-bond acceptors (Lipinski definition) is 1. The minimum Gasteiger partial charge on any atom is -0.306 e. The summed E-state index contributed by atoms with van der Waals surface area (Å²) in [5.41, 5.74) is -0.238. The van der Waals surface area contributed by atoms with Crippen molar-refractivity contribution in [2.24, 2.45) is 0 Å². The quantitative estimate of drug-likeness (QED) is 0.649. The molecular formula is C8H16ClF2N. The van der Waals surface area contributed by atoms with E-state index in [9.17, 15) is 8.78 Å². The molecule has 0 saturated carbocycles. The van der Waals surface area contributed by atoms with Gasteiger partial charge in [0, 0.05) is 11.4 Å². The monoisotopic (exact) mass is 199 g/mol. The third kappa shape index (κ3) is 4.88. The van der Waals surface area contributed by atoms with Gasteiger partial charge in [-0.25, -0.2) is 8.78 Å². The van der Waals surface area contributed by atoms with Gasteiger partial charge in [-0.3, -0.25) is 0 Å². The van der Waals surface area contributed by atoms with Crippen molar-refractivity contribution in [2.45, 2.75) is 38.7 Å². The van der Waals surface area contributed by atoms with Crippen LogP contribution in [0.15, 0.2) is 0 Å². The molecule has 0 aliphatic carbocycles. The van der Waals surface area contributed by atoms with E-state index >= 15 is 0 Å². The van der Waals surface area contributed by atoms with Crippen LogP contribution >= 0.6 is 11.6 Å². The third-order valence-electron chi connectivity index (χ3n) is 2.11. The van der Waals surface area contributed by atoms with Gasteiger partial charge in [0.05, 0.1) is 6.54 Å². The van der Waals surface area contributed by atoms with Crippen LogP contribution < -0.4 is 5.32 Å². The predicted octanol–water partition coefficient (Wildman–Crippen LogP) is 2.64. The van der Waals surface area contributed by atoms with Gasteiger partial charge >= 0.3 is 0 Å². The van der Waals surface area contributed by atoms with Crippen molar-refractivity contribution in [3.8, 4) is 0 Å². The van der Waals surface area contributed by atoms with E-state index in [0.717, 1.165) is 12.8 Å². The molecule has 0 spiro atoms. The maximum absolute atomic E-state index is 11.8. The highest BCUT2D eigenvalue weighted by Gasteiger charge is 2.21. The Morgan fingerprint density at radius 1 is 1.50 bits per heavy atom. The number of nitrogens with one attached hydrogen (secondary N) is 1. The average molecular weight is 200 g/mol. The molecule has 1 N–H and O–H groups in total. The summed E-state index contributed by atoms with van der Waals surface area (Å²) in [5, 5.41) is 2.81. The first-order chi connectivity index (χ1) is 5.54. The van der Waals surface area contributed by atoms with Crippen molar-refractivity contribution < 1.29 is 8.78 Å². The molecule has 0 fully saturated rings. The van der Waals surface area contributed by atoms with E-state index in [1.54, 1.807) is 0 Å². The minimum absolute atomic E-state index is 0.238.